The van der Waals surface area contributed by atoms with Crippen molar-refractivity contribution in [2.24, 2.45) is 10.5 Å². The molecule has 0 unspecified atom stereocenters. The quantitative estimate of drug-likeness (QED) is 0.229. The zero-order valence-corrected chi connectivity index (χ0v) is 6.83. The predicted octanol–water partition coefficient (Wildman–Crippen LogP) is 1.17. The van der Waals surface area contributed by atoms with Gasteiger partial charge in [-0.05, 0) is 18.4 Å². The van der Waals surface area contributed by atoms with Gasteiger partial charge in [0.2, 0.25) is 0 Å². The van der Waals surface area contributed by atoms with Crippen molar-refractivity contribution in [3.63, 3.8) is 0 Å². The smallest absolute Gasteiger partial charge is 0.0712 e. The second kappa shape index (κ2) is 3.82. The molecule has 0 aromatic heterocycles. The van der Waals surface area contributed by atoms with E-state index in [0.29, 0.717) is 26.4 Å². The van der Waals surface area contributed by atoms with Crippen molar-refractivity contribution in [3.8, 4) is 0 Å². The Balaban J connectivity index is 2.39. The van der Waals surface area contributed by atoms with Gasteiger partial charge in [-0.15, -0.1) is 0 Å². The number of nitrogens with zero attached hydrogens (tertiary/aromatic N) is 3. The molecule has 1 rings (SSSR count). The number of ether oxygens (including phenoxy) is 1. The van der Waals surface area contributed by atoms with Crippen LogP contribution in [0.2, 0.25) is 0 Å². The Hall–Kier alpha value is -0.420. The van der Waals surface area contributed by atoms with Gasteiger partial charge >= 0.3 is 0 Å². The predicted molar refractivity (Wildman–Crippen MR) is 42.2 cm³/mol. The Kier molecular flexibility index (Phi) is 3.02. The number of hydrogen-bond acceptors (Lipinski definition) is 4. The molecule has 6 heteroatoms. The normalized spacial score (nSPS) is 20.1. The zero-order chi connectivity index (χ0) is 8.16. The van der Waals surface area contributed by atoms with Crippen molar-refractivity contribution in [2.45, 2.75) is 0 Å². The summed E-state index contributed by atoms with van der Waals surface area (Å²) in [7, 11) is 0. The highest BCUT2D eigenvalue weighted by Crippen LogP contribution is 2.28. The van der Waals surface area contributed by atoms with Crippen LogP contribution in [0.4, 0.5) is 0 Å². The number of rotatable bonds is 4. The minimum absolute atomic E-state index is 0.117. The molecule has 1 aliphatic rings. The minimum atomic E-state index is -0.117. The molecule has 0 bridgehead atoms. The molecule has 0 aliphatic carbocycles. The molecule has 1 fully saturated rings. The summed E-state index contributed by atoms with van der Waals surface area (Å²) in [5.74, 6) is 0. The third-order valence-electron chi connectivity index (χ3n) is 1.66. The molecule has 0 saturated carbocycles. The van der Waals surface area contributed by atoms with Gasteiger partial charge in [0, 0.05) is 16.9 Å². The summed E-state index contributed by atoms with van der Waals surface area (Å²) in [6.45, 7) is 2.07. The lowest BCUT2D eigenvalue weighted by Crippen LogP contribution is -2.48. The van der Waals surface area contributed by atoms with Crippen LogP contribution in [0.25, 0.3) is 10.4 Å². The Labute approximate surface area is 69.9 Å². The molecule has 1 aliphatic heterocycles. The molecule has 0 aromatic carbocycles. The van der Waals surface area contributed by atoms with E-state index >= 15 is 0 Å². The molecule has 5 nitrogen and oxygen atoms in total. The molecule has 0 spiro atoms. The van der Waals surface area contributed by atoms with Crippen LogP contribution < -0.4 is 0 Å². The molecule has 0 amide bonds. The average Bonchev–Trinajstić information content (AvgIpc) is 1.95. The molecule has 0 radical (unpaired) electrons. The first kappa shape index (κ1) is 8.67. The Morgan fingerprint density at radius 1 is 1.73 bits per heavy atom. The lowest BCUT2D eigenvalue weighted by atomic mass is 9.87. The summed E-state index contributed by atoms with van der Waals surface area (Å²) in [5.41, 5.74) is 7.96. The van der Waals surface area contributed by atoms with E-state index < -0.39 is 0 Å². The third kappa shape index (κ3) is 2.00. The molecular formula is C5H9N3O2S. The summed E-state index contributed by atoms with van der Waals surface area (Å²) in [5, 5.41) is 3.47. The first-order valence-electron chi connectivity index (χ1n) is 3.18. The van der Waals surface area contributed by atoms with E-state index in [9.17, 15) is 0 Å². The maximum Gasteiger partial charge on any atom is 0.0712 e. The van der Waals surface area contributed by atoms with E-state index in [1.54, 1.807) is 0 Å². The number of hydrogen-bond donors (Lipinski definition) is 1. The molecule has 0 aromatic rings. The first-order chi connectivity index (χ1) is 5.33. The van der Waals surface area contributed by atoms with Crippen LogP contribution in [0.15, 0.2) is 5.11 Å². The van der Waals surface area contributed by atoms with Gasteiger partial charge in [-0.25, -0.2) is 0 Å². The Morgan fingerprint density at radius 3 is 2.82 bits per heavy atom. The maximum atomic E-state index is 8.08. The average molecular weight is 175 g/mol. The number of thiol groups is 1. The zero-order valence-electron chi connectivity index (χ0n) is 5.93. The molecule has 62 valence electrons. The van der Waals surface area contributed by atoms with E-state index in [1.807, 2.05) is 0 Å². The Bertz CT molecular complexity index is 177. The SMILES string of the molecule is [N-]=[N+]=NCC1(COS)COC1. The fourth-order valence-electron chi connectivity index (χ4n) is 0.930. The van der Waals surface area contributed by atoms with Gasteiger partial charge in [0.15, 0.2) is 0 Å². The standard InChI is InChI=1S/C5H9N3O2S/c6-8-7-1-5(4-10-11)2-9-3-5/h11H,1-4H2. The van der Waals surface area contributed by atoms with Crippen LogP contribution in [0.1, 0.15) is 0 Å². The van der Waals surface area contributed by atoms with Crippen LogP contribution in [-0.4, -0.2) is 26.4 Å². The molecule has 1 saturated heterocycles. The molecular weight excluding hydrogens is 166 g/mol. The summed E-state index contributed by atoms with van der Waals surface area (Å²) in [6, 6.07) is 0. The summed E-state index contributed by atoms with van der Waals surface area (Å²) in [6.07, 6.45) is 0. The van der Waals surface area contributed by atoms with Crippen molar-refractivity contribution in [1.29, 1.82) is 0 Å². The molecule has 1 heterocycles. The summed E-state index contributed by atoms with van der Waals surface area (Å²) < 4.78 is 9.67. The van der Waals surface area contributed by atoms with E-state index in [1.165, 1.54) is 0 Å². The second-order valence-electron chi connectivity index (χ2n) is 2.66. The van der Waals surface area contributed by atoms with Gasteiger partial charge < -0.3 is 8.92 Å². The van der Waals surface area contributed by atoms with Crippen LogP contribution in [0, 0.1) is 5.41 Å². The van der Waals surface area contributed by atoms with Crippen LogP contribution in [0.5, 0.6) is 0 Å². The van der Waals surface area contributed by atoms with E-state index in [0.717, 1.165) is 0 Å². The highest BCUT2D eigenvalue weighted by Gasteiger charge is 2.38. The van der Waals surface area contributed by atoms with Gasteiger partial charge in [-0.1, -0.05) is 5.11 Å². The summed E-state index contributed by atoms with van der Waals surface area (Å²) >= 11 is 3.63. The molecule has 0 atom stereocenters. The maximum absolute atomic E-state index is 8.08. The van der Waals surface area contributed by atoms with Crippen molar-refractivity contribution in [3.05, 3.63) is 10.4 Å². The fourth-order valence-corrected chi connectivity index (χ4v) is 1.20. The van der Waals surface area contributed by atoms with E-state index in [4.69, 9.17) is 10.3 Å². The van der Waals surface area contributed by atoms with Crippen molar-refractivity contribution < 1.29 is 8.92 Å². The van der Waals surface area contributed by atoms with E-state index in [2.05, 4.69) is 27.1 Å². The van der Waals surface area contributed by atoms with Gasteiger partial charge in [-0.2, -0.15) is 0 Å². The number of azide groups is 1. The third-order valence-corrected chi connectivity index (χ3v) is 1.79. The summed E-state index contributed by atoms with van der Waals surface area (Å²) in [4.78, 5) is 2.67. The van der Waals surface area contributed by atoms with Gasteiger partial charge in [0.1, 0.15) is 0 Å². The van der Waals surface area contributed by atoms with Crippen LogP contribution >= 0.6 is 12.9 Å². The van der Waals surface area contributed by atoms with Crippen LogP contribution in [0.3, 0.4) is 0 Å². The van der Waals surface area contributed by atoms with Crippen molar-refractivity contribution in [1.82, 2.24) is 0 Å². The molecule has 0 N–H and O–H groups in total. The minimum Gasteiger partial charge on any atom is -0.380 e. The highest BCUT2D eigenvalue weighted by atomic mass is 32.1. The van der Waals surface area contributed by atoms with Crippen molar-refractivity contribution >= 4 is 12.9 Å². The lowest BCUT2D eigenvalue weighted by molar-refractivity contribution is -0.122. The van der Waals surface area contributed by atoms with Gasteiger partial charge in [0.05, 0.1) is 19.8 Å². The first-order valence-corrected chi connectivity index (χ1v) is 3.54. The Morgan fingerprint density at radius 2 is 2.45 bits per heavy atom. The lowest BCUT2D eigenvalue weighted by Gasteiger charge is -2.39. The van der Waals surface area contributed by atoms with Crippen LogP contribution in [-0.2, 0) is 8.92 Å². The largest absolute Gasteiger partial charge is 0.380 e. The monoisotopic (exact) mass is 175 g/mol. The highest BCUT2D eigenvalue weighted by molar-refractivity contribution is 7.75. The van der Waals surface area contributed by atoms with E-state index in [-0.39, 0.29) is 5.41 Å². The van der Waals surface area contributed by atoms with Gasteiger partial charge in [0.25, 0.3) is 0 Å². The molecule has 11 heavy (non-hydrogen) atoms. The van der Waals surface area contributed by atoms with Crippen molar-refractivity contribution in [2.75, 3.05) is 26.4 Å². The fraction of sp³-hybridized carbons (Fsp3) is 1.00. The second-order valence-corrected chi connectivity index (χ2v) is 2.91. The van der Waals surface area contributed by atoms with Gasteiger partial charge in [-0.3, -0.25) is 0 Å². The topological polar surface area (TPSA) is 67.2 Å².